The predicted molar refractivity (Wildman–Crippen MR) is 138 cm³/mol. The Labute approximate surface area is 198 Å². The van der Waals surface area contributed by atoms with Crippen LogP contribution in [-0.4, -0.2) is 24.2 Å². The molecule has 0 fully saturated rings. The van der Waals surface area contributed by atoms with Crippen molar-refractivity contribution in [2.45, 2.75) is 25.7 Å². The van der Waals surface area contributed by atoms with Crippen LogP contribution < -0.4 is 9.80 Å². The number of amidine groups is 1. The summed E-state index contributed by atoms with van der Waals surface area (Å²) in [6.07, 6.45) is 6.68. The quantitative estimate of drug-likeness (QED) is 0.445. The first-order valence-corrected chi connectivity index (χ1v) is 12.4. The molecular weight excluding hydrogens is 426 g/mol. The van der Waals surface area contributed by atoms with E-state index in [-0.39, 0.29) is 5.91 Å². The normalized spacial score (nSPS) is 18.3. The molecule has 3 aromatic rings. The highest BCUT2D eigenvalue weighted by Gasteiger charge is 2.29. The third-order valence-corrected chi connectivity index (χ3v) is 7.45. The van der Waals surface area contributed by atoms with Gasteiger partial charge in [0.05, 0.1) is 4.91 Å². The van der Waals surface area contributed by atoms with Gasteiger partial charge in [-0.3, -0.25) is 9.69 Å². The van der Waals surface area contributed by atoms with E-state index in [0.29, 0.717) is 10.1 Å². The van der Waals surface area contributed by atoms with Gasteiger partial charge in [0.25, 0.3) is 5.91 Å². The number of anilines is 3. The van der Waals surface area contributed by atoms with E-state index in [4.69, 9.17) is 0 Å². The molecule has 0 saturated carbocycles. The zero-order chi connectivity index (χ0) is 22.2. The van der Waals surface area contributed by atoms with Gasteiger partial charge in [-0.1, -0.05) is 36.4 Å². The fourth-order valence-corrected chi connectivity index (χ4v) is 6.04. The number of amides is 1. The van der Waals surface area contributed by atoms with E-state index in [1.54, 1.807) is 0 Å². The molecule has 0 spiro atoms. The van der Waals surface area contributed by atoms with Crippen LogP contribution in [0.25, 0.3) is 6.08 Å². The van der Waals surface area contributed by atoms with E-state index in [0.717, 1.165) is 29.8 Å². The number of carbonyl (C=O) groups excluding carboxylic acids is 1. The van der Waals surface area contributed by atoms with Crippen LogP contribution >= 0.6 is 11.8 Å². The summed E-state index contributed by atoms with van der Waals surface area (Å²) in [5.74, 6) is -0.167. The SMILES string of the molecule is O=C1N=C(N(c2ccccc2)c2ccccc2)SC1=Cc1cc2c3c(c1)CCCN3CCC2. The lowest BCUT2D eigenvalue weighted by molar-refractivity contribution is -0.113. The smallest absolute Gasteiger partial charge is 0.286 e. The molecule has 6 rings (SSSR count). The lowest BCUT2D eigenvalue weighted by Gasteiger charge is -2.37. The molecule has 0 aliphatic carbocycles. The number of aliphatic imine (C=N–C) groups is 1. The van der Waals surface area contributed by atoms with Crippen molar-refractivity contribution in [1.82, 2.24) is 0 Å². The van der Waals surface area contributed by atoms with E-state index < -0.39 is 0 Å². The summed E-state index contributed by atoms with van der Waals surface area (Å²) in [6, 6.07) is 24.8. The first-order chi connectivity index (χ1) is 16.3. The monoisotopic (exact) mass is 451 g/mol. The molecule has 0 aromatic heterocycles. The number of thioether (sulfide) groups is 1. The average molecular weight is 452 g/mol. The highest BCUT2D eigenvalue weighted by Crippen LogP contribution is 2.39. The number of para-hydroxylation sites is 2. The molecule has 0 saturated heterocycles. The van der Waals surface area contributed by atoms with Crippen LogP contribution in [0.2, 0.25) is 0 Å². The lowest BCUT2D eigenvalue weighted by Crippen LogP contribution is -2.34. The standard InChI is InChI=1S/C28H25N3OS/c32-27-25(19-20-17-21-9-7-15-30-16-8-10-22(18-20)26(21)30)33-28(29-27)31(23-11-3-1-4-12-23)24-13-5-2-6-14-24/h1-6,11-14,17-19H,7-10,15-16H2. The van der Waals surface area contributed by atoms with Crippen LogP contribution in [0.5, 0.6) is 0 Å². The molecule has 33 heavy (non-hydrogen) atoms. The Morgan fingerprint density at radius 2 is 1.42 bits per heavy atom. The van der Waals surface area contributed by atoms with Gasteiger partial charge in [-0.05, 0) is 96.6 Å². The van der Waals surface area contributed by atoms with Gasteiger partial charge in [0.2, 0.25) is 0 Å². The fraction of sp³-hybridized carbons (Fsp3) is 0.214. The maximum absolute atomic E-state index is 13.0. The minimum absolute atomic E-state index is 0.167. The number of hydrogen-bond donors (Lipinski definition) is 0. The molecule has 0 bridgehead atoms. The Morgan fingerprint density at radius 1 is 0.848 bits per heavy atom. The van der Waals surface area contributed by atoms with Crippen molar-refractivity contribution < 1.29 is 4.79 Å². The molecule has 0 N–H and O–H groups in total. The molecule has 3 aromatic carbocycles. The largest absolute Gasteiger partial charge is 0.371 e. The van der Waals surface area contributed by atoms with Crippen molar-refractivity contribution in [3.05, 3.63) is 94.4 Å². The van der Waals surface area contributed by atoms with Crippen molar-refractivity contribution in [3.8, 4) is 0 Å². The molecule has 0 atom stereocenters. The van der Waals surface area contributed by atoms with Gasteiger partial charge in [0, 0.05) is 30.2 Å². The Bertz CT molecular complexity index is 1200. The van der Waals surface area contributed by atoms with Gasteiger partial charge < -0.3 is 4.90 Å². The molecule has 164 valence electrons. The van der Waals surface area contributed by atoms with Gasteiger partial charge in [0.1, 0.15) is 0 Å². The number of aryl methyl sites for hydroxylation is 2. The Balaban J connectivity index is 1.34. The molecule has 0 radical (unpaired) electrons. The van der Waals surface area contributed by atoms with Crippen LogP contribution in [0, 0.1) is 0 Å². The molecule has 0 unspecified atom stereocenters. The molecule has 5 heteroatoms. The van der Waals surface area contributed by atoms with Crippen LogP contribution in [0.1, 0.15) is 29.5 Å². The van der Waals surface area contributed by atoms with Crippen molar-refractivity contribution in [3.63, 3.8) is 0 Å². The Morgan fingerprint density at radius 3 is 2.00 bits per heavy atom. The number of carbonyl (C=O) groups is 1. The molecule has 3 aliphatic heterocycles. The summed E-state index contributed by atoms with van der Waals surface area (Å²) < 4.78 is 0. The minimum Gasteiger partial charge on any atom is -0.371 e. The maximum Gasteiger partial charge on any atom is 0.286 e. The summed E-state index contributed by atoms with van der Waals surface area (Å²) in [5, 5.41) is 0.689. The predicted octanol–water partition coefficient (Wildman–Crippen LogP) is 6.19. The van der Waals surface area contributed by atoms with E-state index in [1.165, 1.54) is 54.5 Å². The van der Waals surface area contributed by atoms with Crippen LogP contribution in [0.4, 0.5) is 17.1 Å². The molecule has 3 heterocycles. The fourth-order valence-electron chi connectivity index (χ4n) is 5.08. The minimum atomic E-state index is -0.167. The molecule has 1 amide bonds. The van der Waals surface area contributed by atoms with Gasteiger partial charge in [-0.25, -0.2) is 0 Å². The van der Waals surface area contributed by atoms with E-state index in [9.17, 15) is 4.79 Å². The Hall–Kier alpha value is -3.31. The van der Waals surface area contributed by atoms with Gasteiger partial charge >= 0.3 is 0 Å². The van der Waals surface area contributed by atoms with Gasteiger partial charge in [0.15, 0.2) is 5.17 Å². The second-order valence-electron chi connectivity index (χ2n) is 8.70. The number of benzene rings is 3. The van der Waals surface area contributed by atoms with Crippen molar-refractivity contribution >= 4 is 46.0 Å². The van der Waals surface area contributed by atoms with Crippen molar-refractivity contribution in [2.75, 3.05) is 22.9 Å². The number of hydrogen-bond acceptors (Lipinski definition) is 4. The summed E-state index contributed by atoms with van der Waals surface area (Å²) in [5.41, 5.74) is 7.40. The van der Waals surface area contributed by atoms with Crippen LogP contribution in [0.15, 0.2) is 82.7 Å². The van der Waals surface area contributed by atoms with Crippen LogP contribution in [0.3, 0.4) is 0 Å². The highest BCUT2D eigenvalue weighted by molar-refractivity contribution is 8.18. The van der Waals surface area contributed by atoms with Crippen molar-refractivity contribution in [2.24, 2.45) is 4.99 Å². The van der Waals surface area contributed by atoms with Crippen LogP contribution in [-0.2, 0) is 17.6 Å². The van der Waals surface area contributed by atoms with Gasteiger partial charge in [-0.2, -0.15) is 4.99 Å². The zero-order valence-electron chi connectivity index (χ0n) is 18.4. The number of nitrogens with zero attached hydrogens (tertiary/aromatic N) is 3. The average Bonchev–Trinajstić information content (AvgIpc) is 3.20. The summed E-state index contributed by atoms with van der Waals surface area (Å²) in [4.78, 5) is 22.7. The second-order valence-corrected chi connectivity index (χ2v) is 9.71. The van der Waals surface area contributed by atoms with E-state index in [1.807, 2.05) is 66.7 Å². The second kappa shape index (κ2) is 8.56. The summed E-state index contributed by atoms with van der Waals surface area (Å²) in [7, 11) is 0. The Kier molecular flexibility index (Phi) is 5.27. The lowest BCUT2D eigenvalue weighted by atomic mass is 9.90. The van der Waals surface area contributed by atoms with E-state index in [2.05, 4.69) is 26.9 Å². The van der Waals surface area contributed by atoms with E-state index >= 15 is 0 Å². The maximum atomic E-state index is 13.0. The third-order valence-electron chi connectivity index (χ3n) is 6.48. The summed E-state index contributed by atoms with van der Waals surface area (Å²) >= 11 is 1.45. The third kappa shape index (κ3) is 3.87. The highest BCUT2D eigenvalue weighted by atomic mass is 32.2. The van der Waals surface area contributed by atoms with Crippen molar-refractivity contribution in [1.29, 1.82) is 0 Å². The topological polar surface area (TPSA) is 35.9 Å². The molecule has 3 aliphatic rings. The first kappa shape index (κ1) is 20.3. The first-order valence-electron chi connectivity index (χ1n) is 11.6. The number of rotatable bonds is 3. The van der Waals surface area contributed by atoms with Gasteiger partial charge in [-0.15, -0.1) is 0 Å². The summed E-state index contributed by atoms with van der Waals surface area (Å²) in [6.45, 7) is 2.33. The molecular formula is C28H25N3OS. The zero-order valence-corrected chi connectivity index (χ0v) is 19.2. The molecule has 4 nitrogen and oxygen atoms in total.